The Balaban J connectivity index is 0.000000194. The smallest absolute Gasteiger partial charge is 0.372 e. The van der Waals surface area contributed by atoms with Crippen molar-refractivity contribution in [3.8, 4) is 0 Å². The minimum absolute atomic E-state index is 0.0722. The fraction of sp³-hybridized carbons (Fsp3) is 0.304. The largest absolute Gasteiger partial charge is 0.438 e. The van der Waals surface area contributed by atoms with Crippen molar-refractivity contribution in [2.75, 3.05) is 12.4 Å². The summed E-state index contributed by atoms with van der Waals surface area (Å²) >= 11 is 0. The first-order valence-electron chi connectivity index (χ1n) is 10.0. The van der Waals surface area contributed by atoms with Gasteiger partial charge in [-0.1, -0.05) is 49.3 Å². The SMILES string of the molecule is CC(C)(CCc1noc(=O)[nH]1)c1ccc(C=O)cc1.CNc1cn2cc(C)ccc2n1. The molecule has 4 rings (SSSR count). The van der Waals surface area contributed by atoms with E-state index in [2.05, 4.69) is 58.0 Å². The number of carbonyl (C=O) groups excluding carboxylic acids is 1. The summed E-state index contributed by atoms with van der Waals surface area (Å²) in [5, 5.41) is 6.65. The molecule has 0 aliphatic heterocycles. The van der Waals surface area contributed by atoms with Gasteiger partial charge in [0.25, 0.3) is 0 Å². The molecule has 0 unspecified atom stereocenters. The van der Waals surface area contributed by atoms with Crippen LogP contribution in [0.5, 0.6) is 0 Å². The van der Waals surface area contributed by atoms with Crippen molar-refractivity contribution in [3.05, 3.63) is 81.9 Å². The summed E-state index contributed by atoms with van der Waals surface area (Å²) in [4.78, 5) is 28.3. The Morgan fingerprint density at radius 3 is 2.52 bits per heavy atom. The molecule has 1 aromatic carbocycles. The number of pyridine rings is 1. The van der Waals surface area contributed by atoms with Crippen molar-refractivity contribution >= 4 is 17.8 Å². The first kappa shape index (κ1) is 22.0. The quantitative estimate of drug-likeness (QED) is 0.459. The number of aldehydes is 1. The van der Waals surface area contributed by atoms with Crippen LogP contribution in [0, 0.1) is 6.92 Å². The Hall–Kier alpha value is -3.68. The summed E-state index contributed by atoms with van der Waals surface area (Å²) in [7, 11) is 1.87. The van der Waals surface area contributed by atoms with Gasteiger partial charge in [-0.25, -0.2) is 9.78 Å². The Bertz CT molecular complexity index is 1200. The number of rotatable bonds is 6. The number of hydrogen-bond acceptors (Lipinski definition) is 6. The fourth-order valence-corrected chi connectivity index (χ4v) is 3.18. The molecular formula is C23H27N5O3. The van der Waals surface area contributed by atoms with E-state index in [0.29, 0.717) is 17.8 Å². The number of nitrogens with zero attached hydrogens (tertiary/aromatic N) is 3. The third-order valence-corrected chi connectivity index (χ3v) is 5.16. The number of imidazole rings is 1. The van der Waals surface area contributed by atoms with Crippen molar-refractivity contribution in [2.24, 2.45) is 0 Å². The lowest BCUT2D eigenvalue weighted by molar-refractivity contribution is 0.112. The van der Waals surface area contributed by atoms with E-state index in [1.807, 2.05) is 48.0 Å². The molecule has 0 spiro atoms. The van der Waals surface area contributed by atoms with Gasteiger partial charge in [0.1, 0.15) is 17.8 Å². The van der Waals surface area contributed by atoms with Crippen molar-refractivity contribution in [2.45, 2.75) is 39.0 Å². The van der Waals surface area contributed by atoms with Crippen LogP contribution in [0.4, 0.5) is 5.82 Å². The third kappa shape index (κ3) is 5.69. The maximum Gasteiger partial charge on any atom is 0.438 e. The Kier molecular flexibility index (Phi) is 6.69. The summed E-state index contributed by atoms with van der Waals surface area (Å²) in [5.41, 5.74) is 3.95. The molecule has 0 aliphatic carbocycles. The molecule has 0 aliphatic rings. The number of H-pyrrole nitrogens is 1. The van der Waals surface area contributed by atoms with Gasteiger partial charge in [-0.3, -0.25) is 14.3 Å². The molecule has 3 heterocycles. The summed E-state index contributed by atoms with van der Waals surface area (Å²) in [5.74, 6) is 0.936. The van der Waals surface area contributed by atoms with E-state index in [-0.39, 0.29) is 5.41 Å². The van der Waals surface area contributed by atoms with Crippen LogP contribution < -0.4 is 11.1 Å². The Labute approximate surface area is 180 Å². The van der Waals surface area contributed by atoms with Gasteiger partial charge in [0.05, 0.1) is 6.20 Å². The van der Waals surface area contributed by atoms with E-state index < -0.39 is 5.76 Å². The van der Waals surface area contributed by atoms with Gasteiger partial charge in [-0.15, -0.1) is 0 Å². The van der Waals surface area contributed by atoms with Crippen LogP contribution >= 0.6 is 0 Å². The molecule has 2 N–H and O–H groups in total. The summed E-state index contributed by atoms with van der Waals surface area (Å²) in [6.45, 7) is 6.29. The Morgan fingerprint density at radius 1 is 1.16 bits per heavy atom. The number of nitrogens with one attached hydrogen (secondary N) is 2. The number of anilines is 1. The molecule has 162 valence electrons. The molecule has 0 bridgehead atoms. The molecule has 0 amide bonds. The van der Waals surface area contributed by atoms with Crippen molar-refractivity contribution in [3.63, 3.8) is 0 Å². The molecule has 4 aromatic rings. The molecule has 8 heteroatoms. The lowest BCUT2D eigenvalue weighted by Gasteiger charge is -2.24. The highest BCUT2D eigenvalue weighted by molar-refractivity contribution is 5.74. The first-order valence-corrected chi connectivity index (χ1v) is 10.0. The number of aromatic nitrogens is 4. The highest BCUT2D eigenvalue weighted by Crippen LogP contribution is 2.28. The number of hydrogen-bond donors (Lipinski definition) is 2. The van der Waals surface area contributed by atoms with Crippen molar-refractivity contribution in [1.29, 1.82) is 0 Å². The maximum absolute atomic E-state index is 10.8. The van der Waals surface area contributed by atoms with Gasteiger partial charge in [-0.05, 0) is 36.0 Å². The zero-order chi connectivity index (χ0) is 22.4. The van der Waals surface area contributed by atoms with Crippen LogP contribution in [0.15, 0.2) is 58.1 Å². The molecule has 8 nitrogen and oxygen atoms in total. The zero-order valence-electron chi connectivity index (χ0n) is 18.2. The van der Waals surface area contributed by atoms with Crippen LogP contribution in [-0.2, 0) is 11.8 Å². The van der Waals surface area contributed by atoms with E-state index in [1.165, 1.54) is 5.56 Å². The van der Waals surface area contributed by atoms with Gasteiger partial charge >= 0.3 is 5.76 Å². The van der Waals surface area contributed by atoms with E-state index in [9.17, 15) is 9.59 Å². The second-order valence-corrected chi connectivity index (χ2v) is 8.01. The number of aromatic amines is 1. The topological polar surface area (TPSA) is 105 Å². The monoisotopic (exact) mass is 421 g/mol. The minimum Gasteiger partial charge on any atom is -0.372 e. The Morgan fingerprint density at radius 2 is 1.90 bits per heavy atom. The molecule has 0 saturated carbocycles. The van der Waals surface area contributed by atoms with Crippen LogP contribution in [0.2, 0.25) is 0 Å². The molecule has 0 fully saturated rings. The predicted molar refractivity (Wildman–Crippen MR) is 120 cm³/mol. The van der Waals surface area contributed by atoms with Gasteiger partial charge in [-0.2, -0.15) is 0 Å². The summed E-state index contributed by atoms with van der Waals surface area (Å²) < 4.78 is 6.48. The highest BCUT2D eigenvalue weighted by Gasteiger charge is 2.21. The van der Waals surface area contributed by atoms with Crippen LogP contribution in [-0.4, -0.2) is 32.9 Å². The molecule has 31 heavy (non-hydrogen) atoms. The number of benzene rings is 1. The second-order valence-electron chi connectivity index (χ2n) is 8.01. The second kappa shape index (κ2) is 9.42. The van der Waals surface area contributed by atoms with Gasteiger partial charge in [0.2, 0.25) is 0 Å². The lowest BCUT2D eigenvalue weighted by atomic mass is 9.80. The van der Waals surface area contributed by atoms with Gasteiger partial charge in [0.15, 0.2) is 5.82 Å². The molecule has 0 radical (unpaired) electrons. The minimum atomic E-state index is -0.525. The number of carbonyl (C=O) groups is 1. The maximum atomic E-state index is 10.8. The van der Waals surface area contributed by atoms with Crippen LogP contribution in [0.1, 0.15) is 47.6 Å². The zero-order valence-corrected chi connectivity index (χ0v) is 18.2. The standard InChI is InChI=1S/C14H16N2O3.C9H11N3/c1-14(2,8-7-12-15-13(18)19-16-12)11-5-3-10(9-17)4-6-11;1-7-3-4-9-11-8(10-2)6-12(9)5-7/h3-6,9H,7-8H2,1-2H3,(H,15,16,18);3-6,10H,1-2H3. The molecular weight excluding hydrogens is 394 g/mol. The van der Waals surface area contributed by atoms with Crippen LogP contribution in [0.25, 0.3) is 5.65 Å². The molecule has 0 atom stereocenters. The summed E-state index contributed by atoms with van der Waals surface area (Å²) in [6, 6.07) is 11.6. The van der Waals surface area contributed by atoms with E-state index in [0.717, 1.165) is 29.7 Å². The van der Waals surface area contributed by atoms with E-state index >= 15 is 0 Å². The van der Waals surface area contributed by atoms with Gasteiger partial charge in [0, 0.05) is 25.2 Å². The lowest BCUT2D eigenvalue weighted by Crippen LogP contribution is -2.18. The van der Waals surface area contributed by atoms with E-state index in [4.69, 9.17) is 0 Å². The van der Waals surface area contributed by atoms with Crippen LogP contribution in [0.3, 0.4) is 0 Å². The van der Waals surface area contributed by atoms with E-state index in [1.54, 1.807) is 0 Å². The molecule has 0 saturated heterocycles. The average molecular weight is 422 g/mol. The van der Waals surface area contributed by atoms with Crippen molar-refractivity contribution < 1.29 is 9.32 Å². The third-order valence-electron chi connectivity index (χ3n) is 5.16. The highest BCUT2D eigenvalue weighted by atomic mass is 16.5. The number of aryl methyl sites for hydroxylation is 2. The van der Waals surface area contributed by atoms with Crippen molar-refractivity contribution in [1.82, 2.24) is 19.5 Å². The normalized spacial score (nSPS) is 11.1. The fourth-order valence-electron chi connectivity index (χ4n) is 3.18. The summed E-state index contributed by atoms with van der Waals surface area (Å²) in [6.07, 6.45) is 6.31. The first-order chi connectivity index (χ1) is 14.8. The average Bonchev–Trinajstić information content (AvgIpc) is 3.38. The number of fused-ring (bicyclic) bond motifs is 1. The van der Waals surface area contributed by atoms with Gasteiger partial charge < -0.3 is 9.72 Å². The predicted octanol–water partition coefficient (Wildman–Crippen LogP) is 3.77. The molecule has 3 aromatic heterocycles.